The van der Waals surface area contributed by atoms with Gasteiger partial charge in [0, 0.05) is 38.6 Å². The SMILES string of the molecule is CNC(=O)CCN(C)c1nc2sccn2c1C=O. The molecule has 0 aliphatic carbocycles. The van der Waals surface area contributed by atoms with Crippen molar-refractivity contribution in [1.29, 1.82) is 0 Å². The van der Waals surface area contributed by atoms with Gasteiger partial charge < -0.3 is 10.2 Å². The molecule has 0 saturated carbocycles. The Hall–Kier alpha value is -1.89. The summed E-state index contributed by atoms with van der Waals surface area (Å²) in [6, 6.07) is 0. The van der Waals surface area contributed by atoms with Gasteiger partial charge in [0.1, 0.15) is 5.69 Å². The number of fused-ring (bicyclic) bond motifs is 1. The Morgan fingerprint density at radius 1 is 1.67 bits per heavy atom. The van der Waals surface area contributed by atoms with Crippen molar-refractivity contribution >= 4 is 34.3 Å². The van der Waals surface area contributed by atoms with Crippen molar-refractivity contribution in [2.45, 2.75) is 6.42 Å². The quantitative estimate of drug-likeness (QED) is 0.812. The van der Waals surface area contributed by atoms with Gasteiger partial charge in [0.2, 0.25) is 5.91 Å². The van der Waals surface area contributed by atoms with E-state index in [0.29, 0.717) is 24.5 Å². The summed E-state index contributed by atoms with van der Waals surface area (Å²) < 4.78 is 1.75. The summed E-state index contributed by atoms with van der Waals surface area (Å²) in [5, 5.41) is 4.44. The van der Waals surface area contributed by atoms with Crippen LogP contribution in [0.4, 0.5) is 5.82 Å². The lowest BCUT2D eigenvalue weighted by Gasteiger charge is -2.16. The van der Waals surface area contributed by atoms with Gasteiger partial charge in [-0.05, 0) is 0 Å². The lowest BCUT2D eigenvalue weighted by molar-refractivity contribution is -0.120. The van der Waals surface area contributed by atoms with Crippen molar-refractivity contribution in [1.82, 2.24) is 14.7 Å². The third-order valence-electron chi connectivity index (χ3n) is 2.71. The van der Waals surface area contributed by atoms with E-state index in [1.54, 1.807) is 11.4 Å². The molecule has 0 atom stereocenters. The van der Waals surface area contributed by atoms with Crippen molar-refractivity contribution < 1.29 is 9.59 Å². The molecule has 0 aliphatic heterocycles. The second-order valence-corrected chi connectivity index (χ2v) is 4.71. The van der Waals surface area contributed by atoms with Crippen LogP contribution in [0.3, 0.4) is 0 Å². The molecule has 0 saturated heterocycles. The van der Waals surface area contributed by atoms with E-state index in [2.05, 4.69) is 10.3 Å². The maximum Gasteiger partial charge on any atom is 0.221 e. The van der Waals surface area contributed by atoms with Gasteiger partial charge in [-0.25, -0.2) is 4.98 Å². The van der Waals surface area contributed by atoms with Crippen LogP contribution in [0.15, 0.2) is 11.6 Å². The second-order valence-electron chi connectivity index (χ2n) is 3.84. The maximum absolute atomic E-state index is 11.2. The molecule has 2 aromatic heterocycles. The summed E-state index contributed by atoms with van der Waals surface area (Å²) in [6.45, 7) is 0.519. The monoisotopic (exact) mass is 266 g/mol. The first-order chi connectivity index (χ1) is 8.67. The predicted molar refractivity (Wildman–Crippen MR) is 70.4 cm³/mol. The average molecular weight is 266 g/mol. The van der Waals surface area contributed by atoms with Gasteiger partial charge in [0.25, 0.3) is 0 Å². The van der Waals surface area contributed by atoms with E-state index in [9.17, 15) is 9.59 Å². The van der Waals surface area contributed by atoms with E-state index >= 15 is 0 Å². The first kappa shape index (κ1) is 12.6. The fourth-order valence-corrected chi connectivity index (χ4v) is 2.40. The molecular weight excluding hydrogens is 252 g/mol. The molecule has 1 N–H and O–H groups in total. The third kappa shape index (κ3) is 2.21. The molecule has 96 valence electrons. The summed E-state index contributed by atoms with van der Waals surface area (Å²) in [5.74, 6) is 0.580. The highest BCUT2D eigenvalue weighted by Crippen LogP contribution is 2.22. The maximum atomic E-state index is 11.2. The van der Waals surface area contributed by atoms with Crippen LogP contribution in [0.2, 0.25) is 0 Å². The average Bonchev–Trinajstić information content (AvgIpc) is 2.94. The number of imidazole rings is 1. The second kappa shape index (κ2) is 5.18. The third-order valence-corrected chi connectivity index (χ3v) is 3.46. The summed E-state index contributed by atoms with van der Waals surface area (Å²) in [5.41, 5.74) is 0.519. The van der Waals surface area contributed by atoms with E-state index in [-0.39, 0.29) is 5.91 Å². The standard InChI is InChI=1S/C11H14N4O2S/c1-12-9(17)3-4-14(2)10-8(7-16)15-5-6-18-11(15)13-10/h5-7H,3-4H2,1-2H3,(H,12,17). The Balaban J connectivity index is 2.21. The number of rotatable bonds is 5. The molecule has 0 aromatic carbocycles. The van der Waals surface area contributed by atoms with Gasteiger partial charge in [-0.3, -0.25) is 14.0 Å². The van der Waals surface area contributed by atoms with Gasteiger partial charge in [0.05, 0.1) is 0 Å². The van der Waals surface area contributed by atoms with Crippen molar-refractivity contribution in [2.24, 2.45) is 0 Å². The molecule has 0 unspecified atom stereocenters. The van der Waals surface area contributed by atoms with Crippen LogP contribution in [0.25, 0.3) is 4.96 Å². The molecule has 0 bridgehead atoms. The molecule has 0 fully saturated rings. The van der Waals surface area contributed by atoms with Crippen molar-refractivity contribution in [3.63, 3.8) is 0 Å². The molecular formula is C11H14N4O2S. The zero-order valence-electron chi connectivity index (χ0n) is 10.2. The number of amides is 1. The van der Waals surface area contributed by atoms with Gasteiger partial charge in [-0.15, -0.1) is 11.3 Å². The van der Waals surface area contributed by atoms with Crippen LogP contribution in [0.1, 0.15) is 16.9 Å². The molecule has 0 aliphatic rings. The molecule has 1 amide bonds. The van der Waals surface area contributed by atoms with E-state index in [1.165, 1.54) is 11.3 Å². The Morgan fingerprint density at radius 3 is 3.11 bits per heavy atom. The van der Waals surface area contributed by atoms with Crippen molar-refractivity contribution in [3.05, 3.63) is 17.3 Å². The van der Waals surface area contributed by atoms with Gasteiger partial charge in [-0.1, -0.05) is 0 Å². The summed E-state index contributed by atoms with van der Waals surface area (Å²) in [7, 11) is 3.42. The molecule has 2 heterocycles. The van der Waals surface area contributed by atoms with Crippen LogP contribution in [0.5, 0.6) is 0 Å². The number of aromatic nitrogens is 2. The van der Waals surface area contributed by atoms with Crippen molar-refractivity contribution in [3.8, 4) is 0 Å². The number of hydrogen-bond acceptors (Lipinski definition) is 5. The summed E-state index contributed by atoms with van der Waals surface area (Å²) >= 11 is 1.47. The highest BCUT2D eigenvalue weighted by molar-refractivity contribution is 7.15. The minimum absolute atomic E-state index is 0.0319. The normalized spacial score (nSPS) is 10.6. The predicted octanol–water partition coefficient (Wildman–Crippen LogP) is 0.781. The topological polar surface area (TPSA) is 66.7 Å². The molecule has 2 aromatic rings. The van der Waals surface area contributed by atoms with Crippen molar-refractivity contribution in [2.75, 3.05) is 25.5 Å². The molecule has 2 rings (SSSR count). The van der Waals surface area contributed by atoms with Crippen LogP contribution in [-0.4, -0.2) is 42.2 Å². The first-order valence-corrected chi connectivity index (χ1v) is 6.37. The smallest absolute Gasteiger partial charge is 0.221 e. The fourth-order valence-electron chi connectivity index (χ4n) is 1.68. The van der Waals surface area contributed by atoms with Gasteiger partial charge in [0.15, 0.2) is 17.1 Å². The minimum atomic E-state index is -0.0319. The molecule has 0 radical (unpaired) electrons. The minimum Gasteiger partial charge on any atom is -0.359 e. The van der Waals surface area contributed by atoms with Crippen LogP contribution >= 0.6 is 11.3 Å². The number of nitrogens with one attached hydrogen (secondary N) is 1. The van der Waals surface area contributed by atoms with E-state index in [0.717, 1.165) is 11.2 Å². The van der Waals surface area contributed by atoms with Gasteiger partial charge >= 0.3 is 0 Å². The number of carbonyl (C=O) groups excluding carboxylic acids is 2. The van der Waals surface area contributed by atoms with Crippen LogP contribution < -0.4 is 10.2 Å². The Kier molecular flexibility index (Phi) is 3.61. The molecule has 0 spiro atoms. The summed E-state index contributed by atoms with van der Waals surface area (Å²) in [6.07, 6.45) is 2.97. The molecule has 18 heavy (non-hydrogen) atoms. The molecule has 6 nitrogen and oxygen atoms in total. The lowest BCUT2D eigenvalue weighted by atomic mass is 10.3. The highest BCUT2D eigenvalue weighted by atomic mass is 32.1. The Bertz CT molecular complexity index is 575. The summed E-state index contributed by atoms with van der Waals surface area (Å²) in [4.78, 5) is 29.3. The Labute approximate surface area is 108 Å². The zero-order valence-corrected chi connectivity index (χ0v) is 11.0. The number of carbonyl (C=O) groups is 2. The number of thiazole rings is 1. The number of hydrogen-bond donors (Lipinski definition) is 1. The first-order valence-electron chi connectivity index (χ1n) is 5.49. The van der Waals surface area contributed by atoms with E-state index in [1.807, 2.05) is 23.5 Å². The Morgan fingerprint density at radius 2 is 2.44 bits per heavy atom. The fraction of sp³-hybridized carbons (Fsp3) is 0.364. The molecule has 7 heteroatoms. The van der Waals surface area contributed by atoms with Crippen LogP contribution in [0, 0.1) is 0 Å². The number of anilines is 1. The number of aldehydes is 1. The highest BCUT2D eigenvalue weighted by Gasteiger charge is 2.16. The van der Waals surface area contributed by atoms with Crippen LogP contribution in [-0.2, 0) is 4.79 Å². The largest absolute Gasteiger partial charge is 0.359 e. The van der Waals surface area contributed by atoms with E-state index < -0.39 is 0 Å². The van der Waals surface area contributed by atoms with Gasteiger partial charge in [-0.2, -0.15) is 0 Å². The zero-order chi connectivity index (χ0) is 13.1. The van der Waals surface area contributed by atoms with E-state index in [4.69, 9.17) is 0 Å². The lowest BCUT2D eigenvalue weighted by Crippen LogP contribution is -2.27. The number of nitrogens with zero attached hydrogens (tertiary/aromatic N) is 3.